The lowest BCUT2D eigenvalue weighted by atomic mass is 10.3. The van der Waals surface area contributed by atoms with Gasteiger partial charge >= 0.3 is 0 Å². The topological polar surface area (TPSA) is 48.2 Å². The second-order valence-corrected chi connectivity index (χ2v) is 4.09. The molecule has 1 aromatic rings. The van der Waals surface area contributed by atoms with Gasteiger partial charge in [-0.3, -0.25) is 5.32 Å². The summed E-state index contributed by atoms with van der Waals surface area (Å²) in [6, 6.07) is 4.98. The predicted molar refractivity (Wildman–Crippen MR) is 65.8 cm³/mol. The smallest absolute Gasteiger partial charge is 0.183 e. The van der Waals surface area contributed by atoms with E-state index in [-0.39, 0.29) is 0 Å². The van der Waals surface area contributed by atoms with Gasteiger partial charge in [-0.1, -0.05) is 35.0 Å². The number of halogens is 2. The van der Waals surface area contributed by atoms with Gasteiger partial charge in [-0.05, 0) is 24.5 Å². The Balaban J connectivity index is 3.05. The Morgan fingerprint density at radius 2 is 2.27 bits per heavy atom. The minimum Gasteiger partial charge on any atom is -0.271 e. The molecule has 0 aliphatic carbocycles. The monoisotopic (exact) mass is 259 g/mol. The van der Waals surface area contributed by atoms with Crippen LogP contribution in [0.4, 0.5) is 5.69 Å². The number of nitriles is 1. The zero-order valence-corrected chi connectivity index (χ0v) is 10.1. The first kappa shape index (κ1) is 12.2. The van der Waals surface area contributed by atoms with Gasteiger partial charge in [-0.2, -0.15) is 5.26 Å². The Kier molecular flexibility index (Phi) is 4.76. The summed E-state index contributed by atoms with van der Waals surface area (Å²) in [5.74, 6) is 0. The summed E-state index contributed by atoms with van der Waals surface area (Å²) in [6.07, 6.45) is 3.60. The minimum absolute atomic E-state index is 0.474. The summed E-state index contributed by atoms with van der Waals surface area (Å²) in [6.45, 7) is 0. The Morgan fingerprint density at radius 1 is 1.53 bits per heavy atom. The quantitative estimate of drug-likeness (QED) is 0.364. The van der Waals surface area contributed by atoms with E-state index in [9.17, 15) is 0 Å². The van der Waals surface area contributed by atoms with Crippen molar-refractivity contribution in [1.29, 1.82) is 5.26 Å². The van der Waals surface area contributed by atoms with Crippen LogP contribution in [0.1, 0.15) is 0 Å². The van der Waals surface area contributed by atoms with Crippen molar-refractivity contribution < 1.29 is 0 Å². The maximum atomic E-state index is 8.46. The van der Waals surface area contributed by atoms with Gasteiger partial charge in [0, 0.05) is 5.02 Å². The van der Waals surface area contributed by atoms with Crippen molar-refractivity contribution in [3.05, 3.63) is 28.2 Å². The zero-order chi connectivity index (χ0) is 11.3. The molecule has 0 amide bonds. The molecule has 1 N–H and O–H groups in total. The molecule has 0 radical (unpaired) electrons. The molecule has 0 aliphatic heterocycles. The van der Waals surface area contributed by atoms with Gasteiger partial charge in [0.2, 0.25) is 0 Å². The predicted octanol–water partition coefficient (Wildman–Crippen LogP) is 3.41. The van der Waals surface area contributed by atoms with Crippen LogP contribution >= 0.6 is 35.0 Å². The van der Waals surface area contributed by atoms with E-state index in [4.69, 9.17) is 28.5 Å². The number of nitrogens with one attached hydrogen (secondary N) is 1. The van der Waals surface area contributed by atoms with Crippen LogP contribution in [0.5, 0.6) is 0 Å². The molecule has 0 spiro atoms. The third-order valence-corrected chi connectivity index (χ3v) is 2.62. The molecule has 6 heteroatoms. The van der Waals surface area contributed by atoms with Crippen molar-refractivity contribution in [2.75, 3.05) is 6.26 Å². The first-order valence-electron chi connectivity index (χ1n) is 3.90. The molecule has 0 saturated heterocycles. The number of nitrogens with zero attached hydrogens (tertiary/aromatic N) is 2. The molecule has 0 aromatic heterocycles. The maximum absolute atomic E-state index is 8.46. The standard InChI is InChI=1S/C9H7Cl2N3S/c1-15-9(13-5-12)14-8-4-6(10)2-3-7(8)11/h2-4H,1H3,(H,13,14). The second-order valence-electron chi connectivity index (χ2n) is 2.45. The van der Waals surface area contributed by atoms with Crippen molar-refractivity contribution in [3.63, 3.8) is 0 Å². The summed E-state index contributed by atoms with van der Waals surface area (Å²) in [7, 11) is 0. The Morgan fingerprint density at radius 3 is 2.87 bits per heavy atom. The minimum atomic E-state index is 0.474. The summed E-state index contributed by atoms with van der Waals surface area (Å²) >= 11 is 13.0. The van der Waals surface area contributed by atoms with E-state index in [1.54, 1.807) is 24.4 Å². The van der Waals surface area contributed by atoms with Gasteiger partial charge in [0.05, 0.1) is 10.7 Å². The van der Waals surface area contributed by atoms with Gasteiger partial charge in [0.15, 0.2) is 11.4 Å². The molecular formula is C9H7Cl2N3S. The van der Waals surface area contributed by atoms with Crippen LogP contribution in [0.15, 0.2) is 23.2 Å². The Bertz CT molecular complexity index is 426. The number of thioether (sulfide) groups is 1. The van der Waals surface area contributed by atoms with Gasteiger partial charge in [0.1, 0.15) is 0 Å². The number of rotatable bonds is 1. The van der Waals surface area contributed by atoms with E-state index in [0.29, 0.717) is 20.9 Å². The highest BCUT2D eigenvalue weighted by molar-refractivity contribution is 8.13. The van der Waals surface area contributed by atoms with Crippen LogP contribution in [0.25, 0.3) is 0 Å². The van der Waals surface area contributed by atoms with Crippen LogP contribution in [0.2, 0.25) is 10.0 Å². The first-order valence-corrected chi connectivity index (χ1v) is 5.88. The lowest BCUT2D eigenvalue weighted by Crippen LogP contribution is -2.12. The molecule has 0 fully saturated rings. The van der Waals surface area contributed by atoms with Crippen molar-refractivity contribution in [1.82, 2.24) is 5.32 Å². The molecule has 3 nitrogen and oxygen atoms in total. The summed E-state index contributed by atoms with van der Waals surface area (Å²) in [4.78, 5) is 4.16. The number of hydrogen-bond donors (Lipinski definition) is 1. The van der Waals surface area contributed by atoms with E-state index in [0.717, 1.165) is 0 Å². The van der Waals surface area contributed by atoms with Crippen LogP contribution in [0, 0.1) is 11.5 Å². The fourth-order valence-corrected chi connectivity index (χ4v) is 1.52. The van der Waals surface area contributed by atoms with Crippen LogP contribution in [0.3, 0.4) is 0 Å². The van der Waals surface area contributed by atoms with E-state index in [1.807, 2.05) is 6.26 Å². The Labute approximate surface area is 102 Å². The van der Waals surface area contributed by atoms with Crippen LogP contribution in [-0.4, -0.2) is 11.4 Å². The molecule has 0 aliphatic rings. The molecular weight excluding hydrogens is 253 g/mol. The highest BCUT2D eigenvalue weighted by Crippen LogP contribution is 2.28. The number of amidine groups is 1. The van der Waals surface area contributed by atoms with Gasteiger partial charge < -0.3 is 0 Å². The summed E-state index contributed by atoms with van der Waals surface area (Å²) in [5.41, 5.74) is 0.538. The van der Waals surface area contributed by atoms with E-state index >= 15 is 0 Å². The molecule has 0 bridgehead atoms. The fraction of sp³-hybridized carbons (Fsp3) is 0.111. The molecule has 0 unspecified atom stereocenters. The van der Waals surface area contributed by atoms with E-state index in [1.165, 1.54) is 11.8 Å². The molecule has 0 saturated carbocycles. The molecule has 15 heavy (non-hydrogen) atoms. The summed E-state index contributed by atoms with van der Waals surface area (Å²) < 4.78 is 0. The van der Waals surface area contributed by atoms with Gasteiger partial charge in [-0.15, -0.1) is 0 Å². The Hall–Kier alpha value is -0.890. The fourth-order valence-electron chi connectivity index (χ4n) is 0.853. The van der Waals surface area contributed by atoms with E-state index in [2.05, 4.69) is 10.3 Å². The van der Waals surface area contributed by atoms with Crippen molar-refractivity contribution in [2.24, 2.45) is 4.99 Å². The largest absolute Gasteiger partial charge is 0.271 e. The number of benzene rings is 1. The van der Waals surface area contributed by atoms with Crippen molar-refractivity contribution >= 4 is 45.8 Å². The third kappa shape index (κ3) is 3.63. The summed E-state index contributed by atoms with van der Waals surface area (Å²) in [5, 5.41) is 12.4. The lowest BCUT2D eigenvalue weighted by molar-refractivity contribution is 1.28. The van der Waals surface area contributed by atoms with Gasteiger partial charge in [-0.25, -0.2) is 4.99 Å². The molecule has 1 aromatic carbocycles. The average molecular weight is 260 g/mol. The highest BCUT2D eigenvalue weighted by Gasteiger charge is 2.02. The van der Waals surface area contributed by atoms with Crippen LogP contribution in [-0.2, 0) is 0 Å². The highest BCUT2D eigenvalue weighted by atomic mass is 35.5. The molecule has 78 valence electrons. The molecule has 0 heterocycles. The van der Waals surface area contributed by atoms with Gasteiger partial charge in [0.25, 0.3) is 0 Å². The normalized spacial score (nSPS) is 10.9. The average Bonchev–Trinajstić information content (AvgIpc) is 2.22. The lowest BCUT2D eigenvalue weighted by Gasteiger charge is -2.02. The maximum Gasteiger partial charge on any atom is 0.183 e. The third-order valence-electron chi connectivity index (χ3n) is 1.49. The molecule has 0 atom stereocenters. The zero-order valence-electron chi connectivity index (χ0n) is 7.79. The number of hydrogen-bond acceptors (Lipinski definition) is 3. The molecule has 1 rings (SSSR count). The van der Waals surface area contributed by atoms with Crippen LogP contribution < -0.4 is 5.32 Å². The van der Waals surface area contributed by atoms with Crippen molar-refractivity contribution in [3.8, 4) is 6.19 Å². The number of aliphatic imine (C=N–C) groups is 1. The van der Waals surface area contributed by atoms with Crippen molar-refractivity contribution in [2.45, 2.75) is 0 Å². The van der Waals surface area contributed by atoms with E-state index < -0.39 is 0 Å². The first-order chi connectivity index (χ1) is 7.17. The second kappa shape index (κ2) is 5.86. The SMILES string of the molecule is CSC(=Nc1cc(Cl)ccc1Cl)NC#N.